The molecule has 0 saturated heterocycles. The van der Waals surface area contributed by atoms with Gasteiger partial charge in [0.05, 0.1) is 0 Å². The van der Waals surface area contributed by atoms with E-state index in [4.69, 9.17) is 17.3 Å². The summed E-state index contributed by atoms with van der Waals surface area (Å²) in [7, 11) is 0. The molecule has 1 atom stereocenters. The Morgan fingerprint density at radius 1 is 1.59 bits per heavy atom. The third-order valence-corrected chi connectivity index (χ3v) is 3.49. The van der Waals surface area contributed by atoms with Crippen molar-refractivity contribution in [1.29, 1.82) is 0 Å². The fourth-order valence-corrected chi connectivity index (χ4v) is 2.43. The summed E-state index contributed by atoms with van der Waals surface area (Å²) in [4.78, 5) is 0. The second-order valence-electron chi connectivity index (χ2n) is 2.95. The molecule has 94 valence electrons. The van der Waals surface area contributed by atoms with Gasteiger partial charge in [0.2, 0.25) is 5.13 Å². The van der Waals surface area contributed by atoms with Crippen molar-refractivity contribution in [2.24, 2.45) is 16.7 Å². The smallest absolute Gasteiger partial charge is 0.203 e. The Morgan fingerprint density at radius 2 is 2.35 bits per heavy atom. The first-order chi connectivity index (χ1) is 8.11. The third-order valence-electron chi connectivity index (χ3n) is 1.64. The van der Waals surface area contributed by atoms with E-state index in [1.807, 2.05) is 12.2 Å². The van der Waals surface area contributed by atoms with Crippen LogP contribution in [-0.4, -0.2) is 19.9 Å². The second kappa shape index (κ2) is 7.54. The molecule has 9 heteroatoms. The van der Waals surface area contributed by atoms with Crippen LogP contribution in [0.5, 0.6) is 0 Å². The lowest BCUT2D eigenvalue weighted by molar-refractivity contribution is 0.929. The van der Waals surface area contributed by atoms with Gasteiger partial charge in [-0.3, -0.25) is 0 Å². The molecule has 6 N–H and O–H groups in total. The van der Waals surface area contributed by atoms with Crippen molar-refractivity contribution in [3.63, 3.8) is 0 Å². The minimum atomic E-state index is -0.329. The molecule has 0 bridgehead atoms. The maximum atomic E-state index is 5.49. The highest BCUT2D eigenvalue weighted by atomic mass is 32.2. The number of thiol groups is 1. The average molecular weight is 290 g/mol. The minimum absolute atomic E-state index is 0.329. The summed E-state index contributed by atoms with van der Waals surface area (Å²) in [6.45, 7) is 0. The molecule has 17 heavy (non-hydrogen) atoms. The van der Waals surface area contributed by atoms with E-state index in [9.17, 15) is 0 Å². The van der Waals surface area contributed by atoms with Gasteiger partial charge in [-0.2, -0.15) is 5.10 Å². The van der Waals surface area contributed by atoms with Crippen molar-refractivity contribution in [3.8, 4) is 0 Å². The lowest BCUT2D eigenvalue weighted by atomic mass is 10.3. The van der Waals surface area contributed by atoms with E-state index in [0.29, 0.717) is 10.2 Å². The first-order valence-electron chi connectivity index (χ1n) is 4.74. The van der Waals surface area contributed by atoms with E-state index in [-0.39, 0.29) is 4.71 Å². The Labute approximate surface area is 113 Å². The van der Waals surface area contributed by atoms with E-state index in [1.165, 1.54) is 23.1 Å². The van der Waals surface area contributed by atoms with Gasteiger partial charge >= 0.3 is 0 Å². The zero-order valence-corrected chi connectivity index (χ0v) is 11.5. The molecular formula is C8H14N6S3. The van der Waals surface area contributed by atoms with Gasteiger partial charge in [0.15, 0.2) is 0 Å². The fourth-order valence-electron chi connectivity index (χ4n) is 0.995. The summed E-state index contributed by atoms with van der Waals surface area (Å²) in [6, 6.07) is 0. The minimum Gasteiger partial charge on any atom is -0.374 e. The topological polar surface area (TPSA) is 116 Å². The van der Waals surface area contributed by atoms with Gasteiger partial charge in [-0.05, 0) is 12.5 Å². The summed E-state index contributed by atoms with van der Waals surface area (Å²) < 4.78 is -0.329. The average Bonchev–Trinajstić information content (AvgIpc) is 2.68. The van der Waals surface area contributed by atoms with E-state index in [2.05, 4.69) is 27.9 Å². The van der Waals surface area contributed by atoms with Crippen LogP contribution in [0.15, 0.2) is 17.3 Å². The quantitative estimate of drug-likeness (QED) is 0.159. The van der Waals surface area contributed by atoms with E-state index < -0.39 is 0 Å². The molecule has 6 nitrogen and oxygen atoms in total. The van der Waals surface area contributed by atoms with Crippen molar-refractivity contribution in [3.05, 3.63) is 17.2 Å². The highest BCUT2D eigenvalue weighted by molar-refractivity contribution is 8.21. The van der Waals surface area contributed by atoms with Gasteiger partial charge in [-0.25, -0.2) is 0 Å². The molecule has 1 unspecified atom stereocenters. The zero-order chi connectivity index (χ0) is 12.7. The Morgan fingerprint density at radius 3 is 2.88 bits per heavy atom. The molecule has 0 aliphatic carbocycles. The predicted octanol–water partition coefficient (Wildman–Crippen LogP) is 0.787. The third kappa shape index (κ3) is 5.91. The number of hydrazone groups is 1. The SMILES string of the molecule is N/N=C(\C=C\CCc1nnc(N)s1)SC(N)S. The molecule has 0 aliphatic heterocycles. The van der Waals surface area contributed by atoms with Gasteiger partial charge in [0.25, 0.3) is 0 Å². The molecule has 0 saturated carbocycles. The van der Waals surface area contributed by atoms with Crippen LogP contribution in [0.25, 0.3) is 0 Å². The molecule has 0 spiro atoms. The zero-order valence-electron chi connectivity index (χ0n) is 8.98. The Kier molecular flexibility index (Phi) is 6.34. The Balaban J connectivity index is 2.34. The molecule has 1 aromatic rings. The number of allylic oxidation sites excluding steroid dienone is 1. The van der Waals surface area contributed by atoms with Crippen molar-refractivity contribution in [1.82, 2.24) is 10.2 Å². The molecule has 1 rings (SSSR count). The van der Waals surface area contributed by atoms with Crippen LogP contribution in [0.3, 0.4) is 0 Å². The first-order valence-corrected chi connectivity index (χ1v) is 6.95. The highest BCUT2D eigenvalue weighted by Gasteiger charge is 2.01. The molecule has 0 aromatic carbocycles. The number of aryl methyl sites for hydroxylation is 1. The lowest BCUT2D eigenvalue weighted by Crippen LogP contribution is -2.10. The van der Waals surface area contributed by atoms with Crippen molar-refractivity contribution < 1.29 is 0 Å². The summed E-state index contributed by atoms with van der Waals surface area (Å²) in [6.07, 6.45) is 5.37. The predicted molar refractivity (Wildman–Crippen MR) is 78.0 cm³/mol. The van der Waals surface area contributed by atoms with Crippen LogP contribution >= 0.6 is 35.7 Å². The molecule has 1 heterocycles. The number of thioether (sulfide) groups is 1. The van der Waals surface area contributed by atoms with Crippen LogP contribution < -0.4 is 17.3 Å². The largest absolute Gasteiger partial charge is 0.374 e. The number of anilines is 1. The number of nitrogens with two attached hydrogens (primary N) is 3. The molecule has 1 aromatic heterocycles. The van der Waals surface area contributed by atoms with Crippen LogP contribution in [0.2, 0.25) is 0 Å². The monoisotopic (exact) mass is 290 g/mol. The number of hydrogen-bond acceptors (Lipinski definition) is 9. The summed E-state index contributed by atoms with van der Waals surface area (Å²) >= 11 is 6.71. The molecular weight excluding hydrogens is 276 g/mol. The lowest BCUT2D eigenvalue weighted by Gasteiger charge is -2.01. The van der Waals surface area contributed by atoms with Crippen LogP contribution in [0.1, 0.15) is 11.4 Å². The number of nitrogens with zero attached hydrogens (tertiary/aromatic N) is 3. The van der Waals surface area contributed by atoms with Crippen molar-refractivity contribution >= 4 is 45.9 Å². The summed E-state index contributed by atoms with van der Waals surface area (Å²) in [5.41, 5.74) is 11.0. The summed E-state index contributed by atoms with van der Waals surface area (Å²) in [5.74, 6) is 5.21. The summed E-state index contributed by atoms with van der Waals surface area (Å²) in [5, 5.41) is 13.3. The van der Waals surface area contributed by atoms with Gasteiger partial charge in [0.1, 0.15) is 14.8 Å². The maximum Gasteiger partial charge on any atom is 0.203 e. The maximum absolute atomic E-state index is 5.49. The number of nitrogen functional groups attached to an aromatic ring is 1. The van der Waals surface area contributed by atoms with E-state index >= 15 is 0 Å². The van der Waals surface area contributed by atoms with E-state index in [1.54, 1.807) is 0 Å². The normalized spacial score (nSPS) is 14.4. The van der Waals surface area contributed by atoms with Gasteiger partial charge in [0, 0.05) is 6.42 Å². The van der Waals surface area contributed by atoms with Crippen molar-refractivity contribution in [2.75, 3.05) is 5.73 Å². The highest BCUT2D eigenvalue weighted by Crippen LogP contribution is 2.14. The van der Waals surface area contributed by atoms with Crippen molar-refractivity contribution in [2.45, 2.75) is 17.5 Å². The number of rotatable bonds is 5. The second-order valence-corrected chi connectivity index (χ2v) is 6.11. The van der Waals surface area contributed by atoms with Gasteiger partial charge < -0.3 is 17.3 Å². The van der Waals surface area contributed by atoms with Crippen LogP contribution in [0.4, 0.5) is 5.13 Å². The van der Waals surface area contributed by atoms with Crippen LogP contribution in [0, 0.1) is 0 Å². The molecule has 0 amide bonds. The standard InChI is InChI=1S/C8H14N6S3/c9-7-14-13-6(16-7)4-2-1-3-5(12-11)17-8(10)15/h1,3,8,15H,2,4,10-11H2,(H2,9,14)/b3-1+,12-5+. The number of hydrogen-bond donors (Lipinski definition) is 4. The van der Waals surface area contributed by atoms with Crippen LogP contribution in [-0.2, 0) is 6.42 Å². The van der Waals surface area contributed by atoms with E-state index in [0.717, 1.165) is 17.8 Å². The first kappa shape index (κ1) is 14.3. The molecule has 0 fully saturated rings. The Hall–Kier alpha value is -0.770. The molecule has 0 radical (unpaired) electrons. The van der Waals surface area contributed by atoms with Gasteiger partial charge in [-0.15, -0.1) is 22.8 Å². The Bertz CT molecular complexity index is 400. The number of aromatic nitrogens is 2. The molecule has 0 aliphatic rings. The van der Waals surface area contributed by atoms with Gasteiger partial charge in [-0.1, -0.05) is 29.2 Å². The fraction of sp³-hybridized carbons (Fsp3) is 0.375.